The summed E-state index contributed by atoms with van der Waals surface area (Å²) in [5.41, 5.74) is 1.14. The fraction of sp³-hybridized carbons (Fsp3) is 0.235. The van der Waals surface area contributed by atoms with Crippen molar-refractivity contribution in [1.29, 1.82) is 0 Å². The van der Waals surface area contributed by atoms with Crippen LogP contribution in [0.3, 0.4) is 0 Å². The fourth-order valence-electron chi connectivity index (χ4n) is 2.04. The lowest BCUT2D eigenvalue weighted by molar-refractivity contribution is 0.253. The highest BCUT2D eigenvalue weighted by Gasteiger charge is 2.15. The molecule has 7 heteroatoms. The highest BCUT2D eigenvalue weighted by molar-refractivity contribution is 5.65. The molecule has 0 unspecified atom stereocenters. The Morgan fingerprint density at radius 3 is 2.58 bits per heavy atom. The van der Waals surface area contributed by atoms with Gasteiger partial charge in [0, 0.05) is 12.1 Å². The Kier molecular flexibility index (Phi) is 4.81. The molecule has 0 spiro atoms. The van der Waals surface area contributed by atoms with Crippen LogP contribution in [0.5, 0.6) is 5.88 Å². The summed E-state index contributed by atoms with van der Waals surface area (Å²) in [6.07, 6.45) is 1.54. The van der Waals surface area contributed by atoms with E-state index in [1.54, 1.807) is 30.5 Å². The molecule has 0 radical (unpaired) electrons. The van der Waals surface area contributed by atoms with E-state index in [0.717, 1.165) is 6.54 Å². The van der Waals surface area contributed by atoms with E-state index in [4.69, 9.17) is 9.15 Å². The van der Waals surface area contributed by atoms with Crippen molar-refractivity contribution in [3.63, 3.8) is 0 Å². The summed E-state index contributed by atoms with van der Waals surface area (Å²) in [6.45, 7) is 1.17. The van der Waals surface area contributed by atoms with E-state index in [0.29, 0.717) is 35.3 Å². The van der Waals surface area contributed by atoms with E-state index in [2.05, 4.69) is 15.2 Å². The number of ether oxygens (including phenoxy) is 1. The van der Waals surface area contributed by atoms with Crippen molar-refractivity contribution in [2.45, 2.75) is 0 Å². The van der Waals surface area contributed by atoms with Gasteiger partial charge in [-0.15, -0.1) is 10.2 Å². The van der Waals surface area contributed by atoms with Gasteiger partial charge in [0.1, 0.15) is 12.4 Å². The van der Waals surface area contributed by atoms with Crippen LogP contribution < -0.4 is 4.74 Å². The molecule has 0 aliphatic rings. The van der Waals surface area contributed by atoms with Crippen molar-refractivity contribution in [2.75, 3.05) is 27.2 Å². The Morgan fingerprint density at radius 1 is 1.12 bits per heavy atom. The van der Waals surface area contributed by atoms with Crippen LogP contribution in [0.4, 0.5) is 4.39 Å². The minimum absolute atomic E-state index is 0.318. The third kappa shape index (κ3) is 3.75. The Balaban J connectivity index is 1.95. The van der Waals surface area contributed by atoms with Crippen molar-refractivity contribution in [3.05, 3.63) is 48.5 Å². The first kappa shape index (κ1) is 16.1. The molecule has 0 atom stereocenters. The van der Waals surface area contributed by atoms with E-state index >= 15 is 0 Å². The van der Waals surface area contributed by atoms with Crippen LogP contribution in [0, 0.1) is 5.82 Å². The van der Waals surface area contributed by atoms with Gasteiger partial charge in [-0.05, 0) is 50.5 Å². The number of furan rings is 1. The van der Waals surface area contributed by atoms with Gasteiger partial charge in [0.2, 0.25) is 11.7 Å². The third-order valence-corrected chi connectivity index (χ3v) is 3.29. The minimum Gasteiger partial charge on any atom is -0.475 e. The van der Waals surface area contributed by atoms with Gasteiger partial charge in [0.25, 0.3) is 0 Å². The molecule has 1 aromatic carbocycles. The Labute approximate surface area is 138 Å². The van der Waals surface area contributed by atoms with Gasteiger partial charge in [-0.25, -0.2) is 4.39 Å². The summed E-state index contributed by atoms with van der Waals surface area (Å²) in [5, 5.41) is 8.28. The molecule has 0 saturated heterocycles. The highest BCUT2D eigenvalue weighted by Crippen LogP contribution is 2.28. The molecule has 0 fully saturated rings. The Hall–Kier alpha value is -2.80. The van der Waals surface area contributed by atoms with E-state index in [9.17, 15) is 4.39 Å². The maximum atomic E-state index is 13.1. The molecule has 0 amide bonds. The number of halogens is 1. The Bertz CT molecular complexity index is 789. The number of aromatic nitrogens is 3. The monoisotopic (exact) mass is 328 g/mol. The Morgan fingerprint density at radius 2 is 1.92 bits per heavy atom. The summed E-state index contributed by atoms with van der Waals surface area (Å²) < 4.78 is 24.2. The quantitative estimate of drug-likeness (QED) is 0.693. The van der Waals surface area contributed by atoms with Crippen LogP contribution in [0.25, 0.3) is 22.8 Å². The first-order chi connectivity index (χ1) is 11.6. The van der Waals surface area contributed by atoms with Crippen LogP contribution in [0.15, 0.2) is 47.1 Å². The number of hydrogen-bond acceptors (Lipinski definition) is 6. The molecule has 0 N–H and O–H groups in total. The van der Waals surface area contributed by atoms with Gasteiger partial charge in [0.15, 0.2) is 11.5 Å². The zero-order chi connectivity index (χ0) is 16.9. The van der Waals surface area contributed by atoms with E-state index < -0.39 is 0 Å². The standard InChI is InChI=1S/C17H17FN4O2/c1-22(2)9-11-24-17-15(12-5-7-13(18)8-6-12)20-21-16(19-17)14-4-3-10-23-14/h3-8,10H,9,11H2,1-2H3. The summed E-state index contributed by atoms with van der Waals surface area (Å²) in [5.74, 6) is 0.864. The molecule has 2 heterocycles. The predicted octanol–water partition coefficient (Wildman–Crippen LogP) is 2.88. The predicted molar refractivity (Wildman–Crippen MR) is 87.0 cm³/mol. The van der Waals surface area contributed by atoms with Crippen molar-refractivity contribution in [2.24, 2.45) is 0 Å². The highest BCUT2D eigenvalue weighted by atomic mass is 19.1. The van der Waals surface area contributed by atoms with Crippen molar-refractivity contribution >= 4 is 0 Å². The zero-order valence-corrected chi connectivity index (χ0v) is 13.4. The first-order valence-electron chi connectivity index (χ1n) is 7.45. The van der Waals surface area contributed by atoms with Crippen LogP contribution >= 0.6 is 0 Å². The fourth-order valence-corrected chi connectivity index (χ4v) is 2.04. The zero-order valence-electron chi connectivity index (χ0n) is 13.4. The van der Waals surface area contributed by atoms with Crippen molar-refractivity contribution in [3.8, 4) is 28.7 Å². The van der Waals surface area contributed by atoms with Gasteiger partial charge >= 0.3 is 0 Å². The first-order valence-corrected chi connectivity index (χ1v) is 7.45. The summed E-state index contributed by atoms with van der Waals surface area (Å²) in [6, 6.07) is 9.46. The van der Waals surface area contributed by atoms with Crippen LogP contribution in [-0.4, -0.2) is 47.3 Å². The van der Waals surface area contributed by atoms with Crippen LogP contribution in [0.1, 0.15) is 0 Å². The molecule has 0 bridgehead atoms. The summed E-state index contributed by atoms with van der Waals surface area (Å²) in [4.78, 5) is 6.41. The second-order valence-corrected chi connectivity index (χ2v) is 5.43. The molecule has 3 rings (SSSR count). The molecular formula is C17H17FN4O2. The molecule has 2 aromatic heterocycles. The molecule has 24 heavy (non-hydrogen) atoms. The lowest BCUT2D eigenvalue weighted by Gasteiger charge is -2.13. The van der Waals surface area contributed by atoms with E-state index in [1.807, 2.05) is 19.0 Å². The smallest absolute Gasteiger partial charge is 0.244 e. The second kappa shape index (κ2) is 7.18. The van der Waals surface area contributed by atoms with E-state index in [1.165, 1.54) is 12.1 Å². The van der Waals surface area contributed by atoms with Crippen molar-refractivity contribution in [1.82, 2.24) is 20.1 Å². The van der Waals surface area contributed by atoms with E-state index in [-0.39, 0.29) is 5.82 Å². The van der Waals surface area contributed by atoms with Gasteiger partial charge in [-0.3, -0.25) is 0 Å². The normalized spacial score (nSPS) is 11.0. The molecule has 0 saturated carbocycles. The molecule has 124 valence electrons. The molecule has 6 nitrogen and oxygen atoms in total. The third-order valence-electron chi connectivity index (χ3n) is 3.29. The molecule has 0 aliphatic heterocycles. The number of nitrogens with zero attached hydrogens (tertiary/aromatic N) is 4. The lowest BCUT2D eigenvalue weighted by Crippen LogP contribution is -2.20. The van der Waals surface area contributed by atoms with Gasteiger partial charge < -0.3 is 14.1 Å². The SMILES string of the molecule is CN(C)CCOc1nc(-c2ccco2)nnc1-c1ccc(F)cc1. The van der Waals surface area contributed by atoms with Gasteiger partial charge in [0.05, 0.1) is 6.26 Å². The minimum atomic E-state index is -0.318. The number of rotatable bonds is 6. The van der Waals surface area contributed by atoms with Crippen LogP contribution in [0.2, 0.25) is 0 Å². The lowest BCUT2D eigenvalue weighted by atomic mass is 10.1. The largest absolute Gasteiger partial charge is 0.475 e. The number of hydrogen-bond donors (Lipinski definition) is 0. The summed E-state index contributed by atoms with van der Waals surface area (Å²) in [7, 11) is 3.91. The maximum absolute atomic E-state index is 13.1. The average molecular weight is 328 g/mol. The number of likely N-dealkylation sites (N-methyl/N-ethyl adjacent to an activating group) is 1. The summed E-state index contributed by atoms with van der Waals surface area (Å²) >= 11 is 0. The maximum Gasteiger partial charge on any atom is 0.244 e. The topological polar surface area (TPSA) is 64.3 Å². The number of benzene rings is 1. The van der Waals surface area contributed by atoms with Gasteiger partial charge in [-0.2, -0.15) is 4.98 Å². The van der Waals surface area contributed by atoms with Crippen molar-refractivity contribution < 1.29 is 13.5 Å². The van der Waals surface area contributed by atoms with Crippen LogP contribution in [-0.2, 0) is 0 Å². The second-order valence-electron chi connectivity index (χ2n) is 5.43. The molecule has 0 aliphatic carbocycles. The van der Waals surface area contributed by atoms with Gasteiger partial charge in [-0.1, -0.05) is 0 Å². The molecular weight excluding hydrogens is 311 g/mol. The average Bonchev–Trinajstić information content (AvgIpc) is 3.10. The molecule has 3 aromatic rings.